The van der Waals surface area contributed by atoms with Gasteiger partial charge in [0.1, 0.15) is 0 Å². The Morgan fingerprint density at radius 3 is 2.38 bits per heavy atom. The lowest BCUT2D eigenvalue weighted by Crippen LogP contribution is -2.11. The molecule has 1 aromatic heterocycles. The lowest BCUT2D eigenvalue weighted by atomic mass is 10.00. The van der Waals surface area contributed by atoms with E-state index in [-0.39, 0.29) is 34.4 Å². The molecule has 3 rings (SSSR count). The fraction of sp³-hybridized carbons (Fsp3) is 0.208. The molecule has 1 heterocycles. The third-order valence-electron chi connectivity index (χ3n) is 4.96. The molecule has 0 bridgehead atoms. The summed E-state index contributed by atoms with van der Waals surface area (Å²) in [5.74, 6) is -1.03. The van der Waals surface area contributed by atoms with Gasteiger partial charge >= 0.3 is 5.97 Å². The van der Waals surface area contributed by atoms with Gasteiger partial charge in [-0.3, -0.25) is 14.6 Å². The molecule has 0 amide bonds. The summed E-state index contributed by atoms with van der Waals surface area (Å²) in [6, 6.07) is 14.3. The average Bonchev–Trinajstić information content (AvgIpc) is 2.78. The van der Waals surface area contributed by atoms with E-state index in [0.717, 1.165) is 11.3 Å². The highest BCUT2D eigenvalue weighted by atomic mass is 35.5. The fourth-order valence-electron chi connectivity index (χ4n) is 3.14. The normalized spacial score (nSPS) is 11.2. The van der Waals surface area contributed by atoms with Crippen LogP contribution in [-0.2, 0) is 31.5 Å². The summed E-state index contributed by atoms with van der Waals surface area (Å²) in [6.45, 7) is 1.81. The van der Waals surface area contributed by atoms with Gasteiger partial charge in [-0.15, -0.1) is 0 Å². The number of ketones is 1. The minimum Gasteiger partial charge on any atom is -0.469 e. The van der Waals surface area contributed by atoms with E-state index in [1.807, 2.05) is 6.92 Å². The number of sulfone groups is 1. The largest absolute Gasteiger partial charge is 0.469 e. The van der Waals surface area contributed by atoms with Crippen LogP contribution in [0.4, 0.5) is 0 Å². The molecule has 6 nitrogen and oxygen atoms in total. The van der Waals surface area contributed by atoms with E-state index >= 15 is 0 Å². The summed E-state index contributed by atoms with van der Waals surface area (Å²) >= 11 is 6.09. The van der Waals surface area contributed by atoms with Crippen LogP contribution < -0.4 is 0 Å². The average molecular weight is 472 g/mol. The zero-order valence-electron chi connectivity index (χ0n) is 17.7. The topological polar surface area (TPSA) is 90.4 Å². The molecule has 0 saturated carbocycles. The lowest BCUT2D eigenvalue weighted by Gasteiger charge is -2.11. The van der Waals surface area contributed by atoms with Crippen molar-refractivity contribution in [3.8, 4) is 0 Å². The van der Waals surface area contributed by atoms with Crippen molar-refractivity contribution in [2.45, 2.75) is 30.4 Å². The first-order valence-electron chi connectivity index (χ1n) is 9.84. The smallest absolute Gasteiger partial charge is 0.305 e. The Balaban J connectivity index is 1.85. The van der Waals surface area contributed by atoms with Gasteiger partial charge in [0, 0.05) is 34.5 Å². The van der Waals surface area contributed by atoms with E-state index in [2.05, 4.69) is 9.72 Å². The second kappa shape index (κ2) is 10.1. The SMILES string of the molecule is COC(=O)CCc1ccc(S(=O)(=O)Cc2ccc(Cl)cc2C(=O)c2ccc(C)nc2)cc1. The zero-order chi connectivity index (χ0) is 23.3. The molecule has 0 aliphatic heterocycles. The number of hydrogen-bond donors (Lipinski definition) is 0. The molecule has 0 fully saturated rings. The van der Waals surface area contributed by atoms with Crippen molar-refractivity contribution in [1.82, 2.24) is 4.98 Å². The molecule has 0 unspecified atom stereocenters. The molecule has 0 saturated heterocycles. The Labute approximate surface area is 192 Å². The number of halogens is 1. The van der Waals surface area contributed by atoms with Gasteiger partial charge in [0.25, 0.3) is 0 Å². The Morgan fingerprint density at radius 1 is 1.03 bits per heavy atom. The van der Waals surface area contributed by atoms with Crippen molar-refractivity contribution in [3.05, 3.63) is 93.8 Å². The van der Waals surface area contributed by atoms with Crippen LogP contribution in [0.15, 0.2) is 65.7 Å². The highest BCUT2D eigenvalue weighted by Crippen LogP contribution is 2.24. The van der Waals surface area contributed by atoms with Crippen LogP contribution in [0.25, 0.3) is 0 Å². The van der Waals surface area contributed by atoms with E-state index in [4.69, 9.17) is 11.6 Å². The quantitative estimate of drug-likeness (QED) is 0.358. The molecule has 8 heteroatoms. The molecule has 3 aromatic rings. The zero-order valence-corrected chi connectivity index (χ0v) is 19.2. The molecule has 166 valence electrons. The van der Waals surface area contributed by atoms with Crippen LogP contribution in [0, 0.1) is 6.92 Å². The Bertz CT molecular complexity index is 1240. The number of esters is 1. The fourth-order valence-corrected chi connectivity index (χ4v) is 4.69. The number of methoxy groups -OCH3 is 1. The highest BCUT2D eigenvalue weighted by molar-refractivity contribution is 7.90. The number of aryl methyl sites for hydroxylation is 2. The third-order valence-corrected chi connectivity index (χ3v) is 6.88. The molecule has 0 aliphatic carbocycles. The number of nitrogens with zero attached hydrogens (tertiary/aromatic N) is 1. The van der Waals surface area contributed by atoms with Gasteiger partial charge in [-0.05, 0) is 60.9 Å². The third kappa shape index (κ3) is 5.81. The van der Waals surface area contributed by atoms with Crippen LogP contribution in [0.3, 0.4) is 0 Å². The summed E-state index contributed by atoms with van der Waals surface area (Å²) in [5.41, 5.74) is 2.52. The van der Waals surface area contributed by atoms with Crippen LogP contribution in [0.1, 0.15) is 39.2 Å². The summed E-state index contributed by atoms with van der Waals surface area (Å²) in [4.78, 5) is 28.6. The number of carbonyl (C=O) groups excluding carboxylic acids is 2. The van der Waals surface area contributed by atoms with Crippen molar-refractivity contribution in [2.75, 3.05) is 7.11 Å². The minimum absolute atomic E-state index is 0.129. The number of benzene rings is 2. The predicted molar refractivity (Wildman–Crippen MR) is 122 cm³/mol. The second-order valence-electron chi connectivity index (χ2n) is 7.30. The first-order valence-corrected chi connectivity index (χ1v) is 11.9. The highest BCUT2D eigenvalue weighted by Gasteiger charge is 2.21. The van der Waals surface area contributed by atoms with Crippen molar-refractivity contribution >= 4 is 33.2 Å². The van der Waals surface area contributed by atoms with Crippen LogP contribution >= 0.6 is 11.6 Å². The van der Waals surface area contributed by atoms with Crippen molar-refractivity contribution in [1.29, 1.82) is 0 Å². The van der Waals surface area contributed by atoms with Gasteiger partial charge in [0.05, 0.1) is 17.8 Å². The van der Waals surface area contributed by atoms with E-state index in [9.17, 15) is 18.0 Å². The molecule has 0 radical (unpaired) electrons. The molecule has 2 aromatic carbocycles. The van der Waals surface area contributed by atoms with Gasteiger partial charge < -0.3 is 4.74 Å². The van der Waals surface area contributed by atoms with Crippen molar-refractivity contribution < 1.29 is 22.7 Å². The number of rotatable bonds is 8. The molecule has 0 spiro atoms. The maximum atomic E-state index is 13.0. The van der Waals surface area contributed by atoms with E-state index < -0.39 is 9.84 Å². The minimum atomic E-state index is -3.73. The standard InChI is InChI=1S/C24H22ClNO5S/c1-16-3-7-18(14-26-16)24(28)22-13-20(25)9-8-19(22)15-32(29,30)21-10-4-17(5-11-21)6-12-23(27)31-2/h3-5,7-11,13-14H,6,12,15H2,1-2H3. The first kappa shape index (κ1) is 23.6. The number of ether oxygens (including phenoxy) is 1. The number of carbonyl (C=O) groups is 2. The monoisotopic (exact) mass is 471 g/mol. The molecular weight excluding hydrogens is 450 g/mol. The maximum Gasteiger partial charge on any atom is 0.305 e. The van der Waals surface area contributed by atoms with Gasteiger partial charge in [0.15, 0.2) is 15.6 Å². The lowest BCUT2D eigenvalue weighted by molar-refractivity contribution is -0.140. The summed E-state index contributed by atoms with van der Waals surface area (Å²) in [5, 5.41) is 0.338. The molecule has 0 atom stereocenters. The number of pyridine rings is 1. The molecule has 0 aliphatic rings. The van der Waals surface area contributed by atoms with E-state index in [1.165, 1.54) is 31.5 Å². The Kier molecular flexibility index (Phi) is 7.43. The van der Waals surface area contributed by atoms with Crippen LogP contribution in [0.2, 0.25) is 5.02 Å². The van der Waals surface area contributed by atoms with Crippen LogP contribution in [0.5, 0.6) is 0 Å². The van der Waals surface area contributed by atoms with Gasteiger partial charge in [-0.25, -0.2) is 8.42 Å². The number of aromatic nitrogens is 1. The molecule has 32 heavy (non-hydrogen) atoms. The van der Waals surface area contributed by atoms with Crippen molar-refractivity contribution in [2.24, 2.45) is 0 Å². The van der Waals surface area contributed by atoms with Gasteiger partial charge in [0.2, 0.25) is 0 Å². The summed E-state index contributed by atoms with van der Waals surface area (Å²) in [7, 11) is -2.40. The summed E-state index contributed by atoms with van der Waals surface area (Å²) < 4.78 is 30.7. The number of hydrogen-bond acceptors (Lipinski definition) is 6. The van der Waals surface area contributed by atoms with Gasteiger partial charge in [-0.1, -0.05) is 29.8 Å². The second-order valence-corrected chi connectivity index (χ2v) is 9.72. The van der Waals surface area contributed by atoms with Crippen LogP contribution in [-0.4, -0.2) is 32.3 Å². The van der Waals surface area contributed by atoms with E-state index in [0.29, 0.717) is 22.6 Å². The van der Waals surface area contributed by atoms with E-state index in [1.54, 1.807) is 36.4 Å². The van der Waals surface area contributed by atoms with Crippen molar-refractivity contribution in [3.63, 3.8) is 0 Å². The van der Waals surface area contributed by atoms with Gasteiger partial charge in [-0.2, -0.15) is 0 Å². The Hall–Kier alpha value is -3.03. The summed E-state index contributed by atoms with van der Waals surface area (Å²) in [6.07, 6.45) is 2.13. The molecule has 0 N–H and O–H groups in total. The Morgan fingerprint density at radius 2 is 1.75 bits per heavy atom. The maximum absolute atomic E-state index is 13.0. The first-order chi connectivity index (χ1) is 15.2. The molecular formula is C24H22ClNO5S. The predicted octanol–water partition coefficient (Wildman–Crippen LogP) is 4.35.